The smallest absolute Gasteiger partial charge is 0.345 e. The second kappa shape index (κ2) is 5.44. The van der Waals surface area contributed by atoms with Crippen molar-refractivity contribution in [1.29, 1.82) is 0 Å². The Kier molecular flexibility index (Phi) is 3.71. The largest absolute Gasteiger partial charge is 0.478 e. The third-order valence-corrected chi connectivity index (χ3v) is 3.22. The van der Waals surface area contributed by atoms with Crippen LogP contribution >= 0.6 is 11.3 Å². The van der Waals surface area contributed by atoms with Crippen LogP contribution in [0, 0.1) is 10.1 Å². The first kappa shape index (κ1) is 13.0. The van der Waals surface area contributed by atoms with Crippen LogP contribution in [0.4, 0.5) is 10.1 Å². The van der Waals surface area contributed by atoms with Crippen LogP contribution in [0.25, 0.3) is 0 Å². The summed E-state index contributed by atoms with van der Waals surface area (Å²) in [6, 6.07) is 6.37. The number of carboxylic acid groups (broad SMARTS) is 1. The Hall–Kier alpha value is -2.48. The summed E-state index contributed by atoms with van der Waals surface area (Å²) >= 11 is 0.953. The van der Waals surface area contributed by atoms with Crippen molar-refractivity contribution in [2.45, 2.75) is 6.54 Å². The Morgan fingerprint density at radius 2 is 2.11 bits per heavy atom. The zero-order valence-electron chi connectivity index (χ0n) is 9.57. The van der Waals surface area contributed by atoms with Gasteiger partial charge in [0, 0.05) is 6.54 Å². The first-order valence-electron chi connectivity index (χ1n) is 5.22. The average Bonchev–Trinajstić information content (AvgIpc) is 2.86. The standard InChI is InChI=1S/C11H9N3O4S/c15-10(16)8-3-1-7(2-4-8)5-12-11-13-6-9(19-11)14(17)18/h1-4,6H,5H2,(H,12,13)(H,15,16). The highest BCUT2D eigenvalue weighted by molar-refractivity contribution is 7.18. The van der Waals surface area contributed by atoms with E-state index in [1.165, 1.54) is 18.3 Å². The topological polar surface area (TPSA) is 105 Å². The van der Waals surface area contributed by atoms with E-state index in [9.17, 15) is 14.9 Å². The lowest BCUT2D eigenvalue weighted by molar-refractivity contribution is -0.380. The van der Waals surface area contributed by atoms with Gasteiger partial charge in [0.15, 0.2) is 5.13 Å². The Labute approximate surface area is 111 Å². The van der Waals surface area contributed by atoms with Gasteiger partial charge in [-0.15, -0.1) is 0 Å². The maximum absolute atomic E-state index is 10.7. The first-order valence-corrected chi connectivity index (χ1v) is 6.04. The second-order valence-corrected chi connectivity index (χ2v) is 4.63. The predicted octanol–water partition coefficient (Wildman–Crippen LogP) is 2.36. The van der Waals surface area contributed by atoms with Crippen molar-refractivity contribution in [3.8, 4) is 0 Å². The molecule has 0 spiro atoms. The third kappa shape index (κ3) is 3.26. The number of rotatable bonds is 5. The fourth-order valence-electron chi connectivity index (χ4n) is 1.37. The minimum Gasteiger partial charge on any atom is -0.478 e. The number of hydrogen-bond acceptors (Lipinski definition) is 6. The summed E-state index contributed by atoms with van der Waals surface area (Å²) < 4.78 is 0. The Bertz CT molecular complexity index is 609. The van der Waals surface area contributed by atoms with E-state index in [2.05, 4.69) is 10.3 Å². The molecule has 2 rings (SSSR count). The van der Waals surface area contributed by atoms with Crippen LogP contribution in [0.5, 0.6) is 0 Å². The highest BCUT2D eigenvalue weighted by Crippen LogP contribution is 2.25. The van der Waals surface area contributed by atoms with Gasteiger partial charge in [-0.2, -0.15) is 0 Å². The number of nitrogens with zero attached hydrogens (tertiary/aromatic N) is 2. The van der Waals surface area contributed by atoms with Crippen LogP contribution in [0.15, 0.2) is 30.5 Å². The van der Waals surface area contributed by atoms with Gasteiger partial charge in [0.2, 0.25) is 0 Å². The molecule has 0 aliphatic carbocycles. The van der Waals surface area contributed by atoms with Crippen molar-refractivity contribution in [3.63, 3.8) is 0 Å². The molecule has 0 unspecified atom stereocenters. The average molecular weight is 279 g/mol. The molecule has 1 aromatic carbocycles. The maximum Gasteiger partial charge on any atom is 0.345 e. The molecule has 0 atom stereocenters. The van der Waals surface area contributed by atoms with Gasteiger partial charge in [-0.3, -0.25) is 10.1 Å². The van der Waals surface area contributed by atoms with Crippen molar-refractivity contribution in [2.75, 3.05) is 5.32 Å². The Balaban J connectivity index is 1.97. The Morgan fingerprint density at radius 3 is 2.63 bits per heavy atom. The molecule has 0 aliphatic heterocycles. The molecule has 2 N–H and O–H groups in total. The summed E-state index contributed by atoms with van der Waals surface area (Å²) in [6.07, 6.45) is 1.19. The highest BCUT2D eigenvalue weighted by atomic mass is 32.1. The van der Waals surface area contributed by atoms with Crippen molar-refractivity contribution < 1.29 is 14.8 Å². The summed E-state index contributed by atoms with van der Waals surface area (Å²) in [4.78, 5) is 24.5. The van der Waals surface area contributed by atoms with E-state index in [1.54, 1.807) is 12.1 Å². The predicted molar refractivity (Wildman–Crippen MR) is 69.5 cm³/mol. The van der Waals surface area contributed by atoms with Crippen LogP contribution in [-0.2, 0) is 6.54 Å². The summed E-state index contributed by atoms with van der Waals surface area (Å²) in [5, 5.41) is 22.6. The molecule has 7 nitrogen and oxygen atoms in total. The molecule has 0 fully saturated rings. The van der Waals surface area contributed by atoms with Crippen molar-refractivity contribution in [1.82, 2.24) is 4.98 Å². The number of hydrogen-bond donors (Lipinski definition) is 2. The molecule has 19 heavy (non-hydrogen) atoms. The number of thiazole rings is 1. The van der Waals surface area contributed by atoms with E-state index in [4.69, 9.17) is 5.11 Å². The third-order valence-electron chi connectivity index (χ3n) is 2.32. The molecule has 8 heteroatoms. The normalized spacial score (nSPS) is 10.1. The lowest BCUT2D eigenvalue weighted by Crippen LogP contribution is -2.00. The summed E-state index contributed by atoms with van der Waals surface area (Å²) in [6.45, 7) is 0.421. The number of nitro groups is 1. The molecule has 1 aromatic heterocycles. The summed E-state index contributed by atoms with van der Waals surface area (Å²) in [5.74, 6) is -0.977. The summed E-state index contributed by atoms with van der Waals surface area (Å²) in [7, 11) is 0. The minimum absolute atomic E-state index is 0.0243. The highest BCUT2D eigenvalue weighted by Gasteiger charge is 2.10. The van der Waals surface area contributed by atoms with E-state index in [0.717, 1.165) is 16.9 Å². The first-order chi connectivity index (χ1) is 9.06. The van der Waals surface area contributed by atoms with Crippen molar-refractivity contribution in [3.05, 3.63) is 51.7 Å². The monoisotopic (exact) mass is 279 g/mol. The number of anilines is 1. The molecule has 0 aliphatic rings. The number of carboxylic acids is 1. The number of nitrogens with one attached hydrogen (secondary N) is 1. The molecular formula is C11H9N3O4S. The van der Waals surface area contributed by atoms with Crippen LogP contribution < -0.4 is 5.32 Å². The fourth-order valence-corrected chi connectivity index (χ4v) is 2.00. The zero-order valence-corrected chi connectivity index (χ0v) is 10.4. The molecule has 1 heterocycles. The van der Waals surface area contributed by atoms with Gasteiger partial charge in [-0.05, 0) is 29.0 Å². The molecule has 0 saturated carbocycles. The molecule has 2 aromatic rings. The zero-order chi connectivity index (χ0) is 13.8. The van der Waals surface area contributed by atoms with Gasteiger partial charge in [0.05, 0.1) is 10.5 Å². The minimum atomic E-state index is -0.977. The van der Waals surface area contributed by atoms with Gasteiger partial charge in [0.1, 0.15) is 6.20 Å². The van der Waals surface area contributed by atoms with E-state index in [0.29, 0.717) is 11.7 Å². The van der Waals surface area contributed by atoms with Gasteiger partial charge in [0.25, 0.3) is 0 Å². The van der Waals surface area contributed by atoms with Gasteiger partial charge in [-0.25, -0.2) is 9.78 Å². The lowest BCUT2D eigenvalue weighted by Gasteiger charge is -2.02. The molecule has 0 amide bonds. The van der Waals surface area contributed by atoms with Crippen LogP contribution in [-0.4, -0.2) is 21.0 Å². The van der Waals surface area contributed by atoms with E-state index >= 15 is 0 Å². The second-order valence-electron chi connectivity index (χ2n) is 3.62. The van der Waals surface area contributed by atoms with Crippen LogP contribution in [0.1, 0.15) is 15.9 Å². The fraction of sp³-hybridized carbons (Fsp3) is 0.0909. The van der Waals surface area contributed by atoms with Crippen LogP contribution in [0.2, 0.25) is 0 Å². The SMILES string of the molecule is O=C(O)c1ccc(CNc2ncc([N+](=O)[O-])s2)cc1. The van der Waals surface area contributed by atoms with Crippen molar-refractivity contribution >= 4 is 27.4 Å². The molecule has 0 saturated heterocycles. The molecule has 0 bridgehead atoms. The number of benzene rings is 1. The van der Waals surface area contributed by atoms with Crippen molar-refractivity contribution in [2.24, 2.45) is 0 Å². The Morgan fingerprint density at radius 1 is 1.42 bits per heavy atom. The van der Waals surface area contributed by atoms with Gasteiger partial charge < -0.3 is 10.4 Å². The number of aromatic carboxylic acids is 1. The quantitative estimate of drug-likeness (QED) is 0.643. The van der Waals surface area contributed by atoms with E-state index in [-0.39, 0.29) is 10.6 Å². The molecule has 98 valence electrons. The van der Waals surface area contributed by atoms with E-state index in [1.807, 2.05) is 0 Å². The number of carbonyl (C=O) groups is 1. The lowest BCUT2D eigenvalue weighted by atomic mass is 10.1. The maximum atomic E-state index is 10.7. The number of aromatic nitrogens is 1. The molecule has 0 radical (unpaired) electrons. The summed E-state index contributed by atoms with van der Waals surface area (Å²) in [5.41, 5.74) is 1.08. The van der Waals surface area contributed by atoms with Gasteiger partial charge >= 0.3 is 11.0 Å². The van der Waals surface area contributed by atoms with E-state index < -0.39 is 10.9 Å². The molecular weight excluding hydrogens is 270 g/mol. The van der Waals surface area contributed by atoms with Gasteiger partial charge in [-0.1, -0.05) is 12.1 Å². The van der Waals surface area contributed by atoms with Crippen LogP contribution in [0.3, 0.4) is 0 Å².